The molecule has 10 rings (SSSR count). The molecule has 0 radical (unpaired) electrons. The molecule has 0 unspecified atom stereocenters. The topological polar surface area (TPSA) is 31.9 Å². The molecular weight excluding hydrogens is 574 g/mol. The number of hydrogen-bond donors (Lipinski definition) is 0. The van der Waals surface area contributed by atoms with Crippen LogP contribution < -0.4 is 5.56 Å². The molecule has 0 saturated heterocycles. The van der Waals surface area contributed by atoms with E-state index < -0.39 is 0 Å². The summed E-state index contributed by atoms with van der Waals surface area (Å²) in [6, 6.07) is 56.7. The van der Waals surface area contributed by atoms with E-state index in [-0.39, 0.29) is 5.56 Å². The van der Waals surface area contributed by atoms with E-state index in [1.807, 2.05) is 47.0 Å². The molecular formula is C43H27N3O. The van der Waals surface area contributed by atoms with Gasteiger partial charge in [0.05, 0.1) is 33.0 Å². The van der Waals surface area contributed by atoms with E-state index in [1.54, 1.807) is 0 Å². The molecule has 0 N–H and O–H groups in total. The predicted molar refractivity (Wildman–Crippen MR) is 196 cm³/mol. The highest BCUT2D eigenvalue weighted by molar-refractivity contribution is 6.24. The first-order valence-electron chi connectivity index (χ1n) is 15.9. The third-order valence-corrected chi connectivity index (χ3v) is 9.62. The maximum atomic E-state index is 15.2. The monoisotopic (exact) mass is 601 g/mol. The Morgan fingerprint density at radius 2 is 0.766 bits per heavy atom. The average molecular weight is 602 g/mol. The second-order valence-electron chi connectivity index (χ2n) is 12.1. The molecule has 4 nitrogen and oxygen atoms in total. The molecule has 0 atom stereocenters. The Labute approximate surface area is 269 Å². The lowest BCUT2D eigenvalue weighted by Gasteiger charge is -2.16. The number of aromatic nitrogens is 3. The predicted octanol–water partition coefficient (Wildman–Crippen LogP) is 10.3. The van der Waals surface area contributed by atoms with E-state index in [0.717, 1.165) is 71.6 Å². The van der Waals surface area contributed by atoms with Crippen molar-refractivity contribution in [3.63, 3.8) is 0 Å². The van der Waals surface area contributed by atoms with Crippen LogP contribution in [0.25, 0.3) is 82.3 Å². The Bertz CT molecular complexity index is 2900. The van der Waals surface area contributed by atoms with Crippen molar-refractivity contribution in [2.24, 2.45) is 0 Å². The Morgan fingerprint density at radius 1 is 0.319 bits per heavy atom. The van der Waals surface area contributed by atoms with E-state index in [0.29, 0.717) is 5.39 Å². The van der Waals surface area contributed by atoms with Crippen LogP contribution in [0.1, 0.15) is 0 Å². The van der Waals surface area contributed by atoms with Gasteiger partial charge in [-0.05, 0) is 66.0 Å². The van der Waals surface area contributed by atoms with Crippen LogP contribution in [-0.4, -0.2) is 13.7 Å². The lowest BCUT2D eigenvalue weighted by Crippen LogP contribution is -2.20. The SMILES string of the molecule is O=c1c2c(ccc3c4ccccc4n(-c4ccccc4)c32)c2cc3c4ccccc4n(-c4ccccc4)c3cc2n1-c1ccccc1. The van der Waals surface area contributed by atoms with Gasteiger partial charge in [-0.25, -0.2) is 0 Å². The van der Waals surface area contributed by atoms with Gasteiger partial charge in [-0.1, -0.05) is 103 Å². The summed E-state index contributed by atoms with van der Waals surface area (Å²) in [5.74, 6) is 0. The van der Waals surface area contributed by atoms with Crippen LogP contribution in [0.15, 0.2) is 169 Å². The number of benzene rings is 7. The standard InChI is InChI=1S/C43H27N3O/c47-43-41-33(24-25-34-31-20-10-13-23-38(31)45(42(34)41)29-16-6-2-7-17-29)36-26-35-32-21-11-12-22-37(32)44(28-14-4-1-5-15-28)39(35)27-40(36)46(43)30-18-8-3-9-19-30/h1-27H. The molecule has 220 valence electrons. The van der Waals surface area contributed by atoms with Crippen LogP contribution in [-0.2, 0) is 0 Å². The minimum atomic E-state index is -0.0361. The van der Waals surface area contributed by atoms with Gasteiger partial charge in [0.1, 0.15) is 0 Å². The smallest absolute Gasteiger partial charge is 0.265 e. The third-order valence-electron chi connectivity index (χ3n) is 9.62. The molecule has 0 aliphatic heterocycles. The summed E-state index contributed by atoms with van der Waals surface area (Å²) in [5, 5.41) is 7.22. The largest absolute Gasteiger partial charge is 0.309 e. The van der Waals surface area contributed by atoms with Gasteiger partial charge >= 0.3 is 0 Å². The lowest BCUT2D eigenvalue weighted by molar-refractivity contribution is 1.06. The Hall–Kier alpha value is -6.39. The molecule has 47 heavy (non-hydrogen) atoms. The number of para-hydroxylation sites is 5. The Balaban J connectivity index is 1.47. The van der Waals surface area contributed by atoms with Crippen LogP contribution >= 0.6 is 0 Å². The lowest BCUT2D eigenvalue weighted by atomic mass is 10.0. The van der Waals surface area contributed by atoms with Crippen LogP contribution in [0.5, 0.6) is 0 Å². The first-order valence-corrected chi connectivity index (χ1v) is 15.9. The van der Waals surface area contributed by atoms with Gasteiger partial charge in [0, 0.05) is 44.0 Å². The van der Waals surface area contributed by atoms with Crippen molar-refractivity contribution in [3.05, 3.63) is 174 Å². The molecule has 3 aromatic heterocycles. The number of pyridine rings is 1. The fraction of sp³-hybridized carbons (Fsp3) is 0. The molecule has 0 spiro atoms. The van der Waals surface area contributed by atoms with Gasteiger partial charge in [0.15, 0.2) is 0 Å². The number of hydrogen-bond acceptors (Lipinski definition) is 1. The van der Waals surface area contributed by atoms with Gasteiger partial charge in [-0.3, -0.25) is 9.36 Å². The molecule has 3 heterocycles. The summed E-state index contributed by atoms with van der Waals surface area (Å²) in [7, 11) is 0. The van der Waals surface area contributed by atoms with Crippen molar-refractivity contribution in [1.29, 1.82) is 0 Å². The normalized spacial score (nSPS) is 11.9. The molecule has 7 aromatic carbocycles. The van der Waals surface area contributed by atoms with Gasteiger partial charge in [-0.2, -0.15) is 0 Å². The van der Waals surface area contributed by atoms with Crippen LogP contribution in [0.4, 0.5) is 0 Å². The van der Waals surface area contributed by atoms with Crippen molar-refractivity contribution in [2.45, 2.75) is 0 Å². The van der Waals surface area contributed by atoms with Gasteiger partial charge in [0.25, 0.3) is 5.56 Å². The number of nitrogens with zero attached hydrogens (tertiary/aromatic N) is 3. The molecule has 0 aliphatic carbocycles. The van der Waals surface area contributed by atoms with Crippen LogP contribution in [0.2, 0.25) is 0 Å². The zero-order valence-corrected chi connectivity index (χ0v) is 25.3. The molecule has 10 aromatic rings. The highest BCUT2D eigenvalue weighted by Crippen LogP contribution is 2.40. The molecule has 0 bridgehead atoms. The maximum Gasteiger partial charge on any atom is 0.265 e. The van der Waals surface area contributed by atoms with Gasteiger partial charge in [-0.15, -0.1) is 0 Å². The minimum absolute atomic E-state index is 0.0361. The second kappa shape index (κ2) is 9.80. The van der Waals surface area contributed by atoms with Crippen molar-refractivity contribution in [1.82, 2.24) is 13.7 Å². The third kappa shape index (κ3) is 3.61. The first kappa shape index (κ1) is 25.9. The zero-order chi connectivity index (χ0) is 31.1. The Morgan fingerprint density at radius 3 is 1.40 bits per heavy atom. The highest BCUT2D eigenvalue weighted by atomic mass is 16.1. The van der Waals surface area contributed by atoms with Crippen LogP contribution in [0, 0.1) is 0 Å². The number of fused-ring (bicyclic) bond motifs is 10. The molecule has 0 fully saturated rings. The van der Waals surface area contributed by atoms with Crippen LogP contribution in [0.3, 0.4) is 0 Å². The quantitative estimate of drug-likeness (QED) is 0.185. The van der Waals surface area contributed by atoms with E-state index in [4.69, 9.17) is 0 Å². The van der Waals surface area contributed by atoms with Crippen molar-refractivity contribution < 1.29 is 0 Å². The molecule has 0 amide bonds. The summed E-state index contributed by atoms with van der Waals surface area (Å²) in [5.41, 5.74) is 7.99. The second-order valence-corrected chi connectivity index (χ2v) is 12.1. The van der Waals surface area contributed by atoms with Crippen molar-refractivity contribution in [3.8, 4) is 17.1 Å². The van der Waals surface area contributed by atoms with E-state index in [9.17, 15) is 0 Å². The fourth-order valence-electron chi connectivity index (χ4n) is 7.66. The summed E-state index contributed by atoms with van der Waals surface area (Å²) >= 11 is 0. The van der Waals surface area contributed by atoms with E-state index >= 15 is 4.79 Å². The first-order chi connectivity index (χ1) is 23.3. The zero-order valence-electron chi connectivity index (χ0n) is 25.3. The summed E-state index contributed by atoms with van der Waals surface area (Å²) in [6.45, 7) is 0. The fourth-order valence-corrected chi connectivity index (χ4v) is 7.66. The Kier molecular flexibility index (Phi) is 5.40. The van der Waals surface area contributed by atoms with Gasteiger partial charge in [0.2, 0.25) is 0 Å². The number of rotatable bonds is 3. The molecule has 0 saturated carbocycles. The minimum Gasteiger partial charge on any atom is -0.309 e. The highest BCUT2D eigenvalue weighted by Gasteiger charge is 2.22. The maximum absolute atomic E-state index is 15.2. The van der Waals surface area contributed by atoms with Crippen molar-refractivity contribution in [2.75, 3.05) is 0 Å². The van der Waals surface area contributed by atoms with Crippen molar-refractivity contribution >= 4 is 65.3 Å². The van der Waals surface area contributed by atoms with E-state index in [1.165, 1.54) is 5.39 Å². The summed E-state index contributed by atoms with van der Waals surface area (Å²) in [6.07, 6.45) is 0. The molecule has 0 aliphatic rings. The summed E-state index contributed by atoms with van der Waals surface area (Å²) in [4.78, 5) is 15.2. The molecule has 4 heteroatoms. The average Bonchev–Trinajstić information content (AvgIpc) is 3.64. The summed E-state index contributed by atoms with van der Waals surface area (Å²) < 4.78 is 6.48. The van der Waals surface area contributed by atoms with Gasteiger partial charge < -0.3 is 9.13 Å². The van der Waals surface area contributed by atoms with E-state index in [2.05, 4.69) is 130 Å².